The van der Waals surface area contributed by atoms with Gasteiger partial charge >= 0.3 is 0 Å². The van der Waals surface area contributed by atoms with Crippen molar-refractivity contribution >= 4 is 0 Å². The Kier molecular flexibility index (Phi) is 4.13. The molecule has 1 aromatic rings. The van der Waals surface area contributed by atoms with Crippen LogP contribution in [0.25, 0.3) is 0 Å². The van der Waals surface area contributed by atoms with Crippen LogP contribution in [0.1, 0.15) is 31.4 Å². The maximum absolute atomic E-state index is 13.6. The van der Waals surface area contributed by atoms with Crippen molar-refractivity contribution in [1.82, 2.24) is 10.2 Å². The van der Waals surface area contributed by atoms with Gasteiger partial charge in [0.25, 0.3) is 0 Å². The Bertz CT molecular complexity index is 363. The van der Waals surface area contributed by atoms with E-state index in [-0.39, 0.29) is 11.9 Å². The number of nitrogens with one attached hydrogen (secondary N) is 1. The minimum absolute atomic E-state index is 0.109. The molecule has 0 aromatic heterocycles. The lowest BCUT2D eigenvalue weighted by Gasteiger charge is -2.25. The third kappa shape index (κ3) is 3.51. The highest BCUT2D eigenvalue weighted by molar-refractivity contribution is 5.20. The minimum atomic E-state index is -0.109. The van der Waals surface area contributed by atoms with E-state index in [2.05, 4.69) is 17.1 Å². The molecule has 0 radical (unpaired) electrons. The summed E-state index contributed by atoms with van der Waals surface area (Å²) >= 11 is 0. The second-order valence-electron chi connectivity index (χ2n) is 4.91. The molecule has 1 saturated carbocycles. The monoisotopic (exact) mass is 236 g/mol. The van der Waals surface area contributed by atoms with Crippen LogP contribution in [0.15, 0.2) is 24.3 Å². The summed E-state index contributed by atoms with van der Waals surface area (Å²) in [5, 5.41) is 3.47. The molecule has 1 unspecified atom stereocenters. The lowest BCUT2D eigenvalue weighted by atomic mass is 10.1. The standard InChI is InChI=1S/C14H21FN2/c1-11(13-5-3-4-6-14(13)15)17(2)10-9-16-12-7-8-12/h3-6,11-12,16H,7-10H2,1-2H3. The lowest BCUT2D eigenvalue weighted by molar-refractivity contribution is 0.256. The number of halogens is 1. The van der Waals surface area contributed by atoms with Crippen molar-refractivity contribution in [2.24, 2.45) is 0 Å². The van der Waals surface area contributed by atoms with Crippen LogP contribution in [0.3, 0.4) is 0 Å². The fraction of sp³-hybridized carbons (Fsp3) is 0.571. The molecule has 1 fully saturated rings. The maximum Gasteiger partial charge on any atom is 0.127 e. The zero-order valence-electron chi connectivity index (χ0n) is 10.6. The van der Waals surface area contributed by atoms with E-state index in [1.807, 2.05) is 19.2 Å². The molecule has 1 N–H and O–H groups in total. The van der Waals surface area contributed by atoms with Crippen LogP contribution in [0.2, 0.25) is 0 Å². The van der Waals surface area contributed by atoms with Gasteiger partial charge in [-0.25, -0.2) is 4.39 Å². The number of nitrogens with zero attached hydrogens (tertiary/aromatic N) is 1. The third-order valence-electron chi connectivity index (χ3n) is 3.49. The topological polar surface area (TPSA) is 15.3 Å². The summed E-state index contributed by atoms with van der Waals surface area (Å²) in [5.74, 6) is -0.109. The molecular formula is C14H21FN2. The Morgan fingerprint density at radius 1 is 1.41 bits per heavy atom. The molecule has 0 spiro atoms. The molecule has 0 saturated heterocycles. The van der Waals surface area contributed by atoms with Crippen LogP contribution in [0.4, 0.5) is 4.39 Å². The second kappa shape index (κ2) is 5.61. The summed E-state index contributed by atoms with van der Waals surface area (Å²) in [6, 6.07) is 7.89. The molecule has 1 aliphatic rings. The molecule has 1 aliphatic carbocycles. The lowest BCUT2D eigenvalue weighted by Crippen LogP contribution is -2.32. The molecule has 2 nitrogen and oxygen atoms in total. The summed E-state index contributed by atoms with van der Waals surface area (Å²) in [4.78, 5) is 2.19. The van der Waals surface area contributed by atoms with Gasteiger partial charge in [-0.1, -0.05) is 18.2 Å². The molecule has 3 heteroatoms. The fourth-order valence-corrected chi connectivity index (χ4v) is 1.98. The Labute approximate surface area is 103 Å². The summed E-state index contributed by atoms with van der Waals surface area (Å²) in [6.45, 7) is 3.99. The van der Waals surface area contributed by atoms with Gasteiger partial charge in [-0.3, -0.25) is 4.90 Å². The van der Waals surface area contributed by atoms with E-state index in [1.165, 1.54) is 18.9 Å². The van der Waals surface area contributed by atoms with Crippen LogP contribution in [0.5, 0.6) is 0 Å². The van der Waals surface area contributed by atoms with Gasteiger partial charge in [0.05, 0.1) is 0 Å². The molecule has 0 aliphatic heterocycles. The van der Waals surface area contributed by atoms with Crippen LogP contribution < -0.4 is 5.32 Å². The van der Waals surface area contributed by atoms with E-state index in [0.717, 1.165) is 24.7 Å². The summed E-state index contributed by atoms with van der Waals surface area (Å²) < 4.78 is 13.6. The molecule has 0 heterocycles. The van der Waals surface area contributed by atoms with Gasteiger partial charge in [-0.15, -0.1) is 0 Å². The fourth-order valence-electron chi connectivity index (χ4n) is 1.98. The molecular weight excluding hydrogens is 215 g/mol. The smallest absolute Gasteiger partial charge is 0.127 e. The number of benzene rings is 1. The quantitative estimate of drug-likeness (QED) is 0.816. The van der Waals surface area contributed by atoms with Gasteiger partial charge in [0.15, 0.2) is 0 Å². The summed E-state index contributed by atoms with van der Waals surface area (Å²) in [6.07, 6.45) is 2.62. The van der Waals surface area contributed by atoms with E-state index in [0.29, 0.717) is 0 Å². The highest BCUT2D eigenvalue weighted by Gasteiger charge is 2.20. The van der Waals surface area contributed by atoms with Crippen LogP contribution in [-0.2, 0) is 0 Å². The molecule has 1 aromatic carbocycles. The Morgan fingerprint density at radius 2 is 2.12 bits per heavy atom. The predicted molar refractivity (Wildman–Crippen MR) is 68.5 cm³/mol. The van der Waals surface area contributed by atoms with Crippen molar-refractivity contribution < 1.29 is 4.39 Å². The number of hydrogen-bond acceptors (Lipinski definition) is 2. The Morgan fingerprint density at radius 3 is 2.76 bits per heavy atom. The van der Waals surface area contributed by atoms with Crippen molar-refractivity contribution in [3.63, 3.8) is 0 Å². The Hall–Kier alpha value is -0.930. The van der Waals surface area contributed by atoms with E-state index in [4.69, 9.17) is 0 Å². The van der Waals surface area contributed by atoms with Crippen molar-refractivity contribution in [3.05, 3.63) is 35.6 Å². The molecule has 94 valence electrons. The minimum Gasteiger partial charge on any atom is -0.313 e. The molecule has 0 amide bonds. The molecule has 17 heavy (non-hydrogen) atoms. The number of likely N-dealkylation sites (N-methyl/N-ethyl adjacent to an activating group) is 1. The first-order valence-corrected chi connectivity index (χ1v) is 6.36. The Balaban J connectivity index is 1.84. The summed E-state index contributed by atoms with van der Waals surface area (Å²) in [7, 11) is 2.05. The van der Waals surface area contributed by atoms with Crippen molar-refractivity contribution in [3.8, 4) is 0 Å². The van der Waals surface area contributed by atoms with Gasteiger partial charge < -0.3 is 5.32 Å². The second-order valence-corrected chi connectivity index (χ2v) is 4.91. The van der Waals surface area contributed by atoms with E-state index >= 15 is 0 Å². The zero-order chi connectivity index (χ0) is 12.3. The molecule has 0 bridgehead atoms. The third-order valence-corrected chi connectivity index (χ3v) is 3.49. The average molecular weight is 236 g/mol. The van der Waals surface area contributed by atoms with Crippen molar-refractivity contribution in [2.45, 2.75) is 31.8 Å². The van der Waals surface area contributed by atoms with Crippen molar-refractivity contribution in [1.29, 1.82) is 0 Å². The normalized spacial score (nSPS) is 17.4. The zero-order valence-corrected chi connectivity index (χ0v) is 10.6. The van der Waals surface area contributed by atoms with Gasteiger partial charge in [0.1, 0.15) is 5.82 Å². The first kappa shape index (κ1) is 12.5. The first-order chi connectivity index (χ1) is 8.18. The van der Waals surface area contributed by atoms with Gasteiger partial charge in [-0.2, -0.15) is 0 Å². The molecule has 1 atom stereocenters. The molecule has 2 rings (SSSR count). The predicted octanol–water partition coefficient (Wildman–Crippen LogP) is 2.57. The van der Waals surface area contributed by atoms with Gasteiger partial charge in [0, 0.05) is 30.7 Å². The largest absolute Gasteiger partial charge is 0.313 e. The van der Waals surface area contributed by atoms with Gasteiger partial charge in [0.2, 0.25) is 0 Å². The van der Waals surface area contributed by atoms with E-state index in [9.17, 15) is 4.39 Å². The highest BCUT2D eigenvalue weighted by atomic mass is 19.1. The van der Waals surface area contributed by atoms with E-state index < -0.39 is 0 Å². The van der Waals surface area contributed by atoms with Crippen LogP contribution in [0, 0.1) is 5.82 Å². The first-order valence-electron chi connectivity index (χ1n) is 6.36. The van der Waals surface area contributed by atoms with Crippen molar-refractivity contribution in [2.75, 3.05) is 20.1 Å². The van der Waals surface area contributed by atoms with Gasteiger partial charge in [-0.05, 0) is 32.9 Å². The maximum atomic E-state index is 13.6. The number of rotatable bonds is 6. The summed E-state index contributed by atoms with van der Waals surface area (Å²) in [5.41, 5.74) is 0.779. The van der Waals surface area contributed by atoms with E-state index in [1.54, 1.807) is 6.07 Å². The highest BCUT2D eigenvalue weighted by Crippen LogP contribution is 2.21. The SMILES string of the molecule is CC(c1ccccc1F)N(C)CCNC1CC1. The number of hydrogen-bond donors (Lipinski definition) is 1. The average Bonchev–Trinajstić information content (AvgIpc) is 3.13. The van der Waals surface area contributed by atoms with Crippen LogP contribution >= 0.6 is 0 Å². The van der Waals surface area contributed by atoms with Crippen LogP contribution in [-0.4, -0.2) is 31.1 Å².